The van der Waals surface area contributed by atoms with E-state index in [0.717, 1.165) is 37.9 Å². The number of thiophene rings is 1. The van der Waals surface area contributed by atoms with Gasteiger partial charge in [0.05, 0.1) is 26.2 Å². The number of fused-ring (bicyclic) bond motifs is 2. The lowest BCUT2D eigenvalue weighted by molar-refractivity contribution is -0.380. The fourth-order valence-corrected chi connectivity index (χ4v) is 5.08. The molecular formula is C24H16N4O3S2. The van der Waals surface area contributed by atoms with E-state index in [0.29, 0.717) is 15.6 Å². The Hall–Kier alpha value is -3.95. The van der Waals surface area contributed by atoms with Gasteiger partial charge in [-0.15, -0.1) is 0 Å². The van der Waals surface area contributed by atoms with Crippen LogP contribution in [0.4, 0.5) is 10.1 Å². The molecule has 5 aromatic rings. The van der Waals surface area contributed by atoms with Gasteiger partial charge in [0.2, 0.25) is 5.13 Å². The Labute approximate surface area is 196 Å². The number of hydrogen-bond donors (Lipinski definition) is 0. The topological polar surface area (TPSA) is 88.7 Å². The smallest absolute Gasteiger partial charge is 0.267 e. The van der Waals surface area contributed by atoms with Gasteiger partial charge in [0, 0.05) is 11.6 Å². The van der Waals surface area contributed by atoms with Gasteiger partial charge in [0.25, 0.3) is 5.91 Å². The van der Waals surface area contributed by atoms with Crippen LogP contribution in [0.2, 0.25) is 0 Å². The van der Waals surface area contributed by atoms with Gasteiger partial charge in [0.1, 0.15) is 0 Å². The maximum absolute atomic E-state index is 13.5. The van der Waals surface area contributed by atoms with Gasteiger partial charge in [-0.1, -0.05) is 59.1 Å². The molecule has 0 saturated heterocycles. The predicted molar refractivity (Wildman–Crippen MR) is 134 cm³/mol. The number of carbonyl (C=O) groups excluding carboxylic acids is 1. The number of carbonyl (C=O) groups is 1. The molecular weight excluding hydrogens is 456 g/mol. The number of nitrogens with zero attached hydrogens (tertiary/aromatic N) is 4. The van der Waals surface area contributed by atoms with Crippen LogP contribution in [0, 0.1) is 17.0 Å². The molecule has 5 rings (SSSR count). The van der Waals surface area contributed by atoms with Crippen LogP contribution < -0.4 is 5.01 Å². The van der Waals surface area contributed by atoms with Crippen LogP contribution in [0.15, 0.2) is 77.9 Å². The molecule has 0 aliphatic rings. The molecule has 0 fully saturated rings. The third kappa shape index (κ3) is 4.23. The summed E-state index contributed by atoms with van der Waals surface area (Å²) in [5.74, 6) is -0.334. The van der Waals surface area contributed by atoms with E-state index in [1.165, 1.54) is 28.6 Å². The van der Waals surface area contributed by atoms with Crippen LogP contribution in [0.1, 0.15) is 20.8 Å². The number of aromatic nitrogens is 1. The molecule has 162 valence electrons. The summed E-state index contributed by atoms with van der Waals surface area (Å²) >= 11 is 2.36. The van der Waals surface area contributed by atoms with Crippen molar-refractivity contribution in [2.24, 2.45) is 5.10 Å². The van der Waals surface area contributed by atoms with Crippen LogP contribution in [0.3, 0.4) is 0 Å². The van der Waals surface area contributed by atoms with Crippen LogP contribution in [-0.4, -0.2) is 22.0 Å². The van der Waals surface area contributed by atoms with Crippen LogP contribution in [0.25, 0.3) is 21.0 Å². The van der Waals surface area contributed by atoms with Gasteiger partial charge in [-0.2, -0.15) is 10.1 Å². The van der Waals surface area contributed by atoms with Gasteiger partial charge >= 0.3 is 5.00 Å². The minimum absolute atomic E-state index is 0.0133. The Bertz CT molecular complexity index is 1550. The van der Waals surface area contributed by atoms with Crippen molar-refractivity contribution in [1.29, 1.82) is 0 Å². The Balaban J connectivity index is 1.57. The molecule has 2 heterocycles. The minimum atomic E-state index is -0.449. The fourth-order valence-electron chi connectivity index (χ4n) is 3.37. The lowest BCUT2D eigenvalue weighted by Gasteiger charge is -2.14. The Morgan fingerprint density at radius 2 is 1.85 bits per heavy atom. The molecule has 1 amide bonds. The quantitative estimate of drug-likeness (QED) is 0.168. The molecule has 0 aliphatic heterocycles. The number of aryl methyl sites for hydroxylation is 1. The normalized spacial score (nSPS) is 11.4. The molecule has 0 bridgehead atoms. The van der Waals surface area contributed by atoms with Crippen molar-refractivity contribution in [3.8, 4) is 0 Å². The highest BCUT2D eigenvalue weighted by Crippen LogP contribution is 2.31. The molecule has 0 radical (unpaired) electrons. The molecule has 9 heteroatoms. The highest BCUT2D eigenvalue weighted by Gasteiger charge is 2.22. The minimum Gasteiger partial charge on any atom is -0.267 e. The molecule has 0 atom stereocenters. The predicted octanol–water partition coefficient (Wildman–Crippen LogP) is 6.41. The SMILES string of the molecule is Cc1ccc2nc(N(/N=C/c3ccc([N+](=O)[O-])s3)C(=O)c3ccc4ccccc4c3)sc2c1. The third-order valence-electron chi connectivity index (χ3n) is 5.00. The zero-order chi connectivity index (χ0) is 22.9. The highest BCUT2D eigenvalue weighted by atomic mass is 32.1. The molecule has 0 aliphatic carbocycles. The van der Waals surface area contributed by atoms with Gasteiger partial charge in [0.15, 0.2) is 0 Å². The number of hydrazone groups is 1. The fraction of sp³-hybridized carbons (Fsp3) is 0.0417. The number of hydrogen-bond acceptors (Lipinski definition) is 7. The van der Waals surface area contributed by atoms with Crippen molar-refractivity contribution >= 4 is 65.9 Å². The van der Waals surface area contributed by atoms with E-state index in [-0.39, 0.29) is 10.9 Å². The maximum atomic E-state index is 13.5. The second kappa shape index (κ2) is 8.53. The molecule has 7 nitrogen and oxygen atoms in total. The van der Waals surface area contributed by atoms with E-state index >= 15 is 0 Å². The monoisotopic (exact) mass is 472 g/mol. The lowest BCUT2D eigenvalue weighted by Crippen LogP contribution is -2.25. The van der Waals surface area contributed by atoms with E-state index in [9.17, 15) is 14.9 Å². The van der Waals surface area contributed by atoms with Crippen LogP contribution in [0.5, 0.6) is 0 Å². The second-order valence-electron chi connectivity index (χ2n) is 7.32. The van der Waals surface area contributed by atoms with E-state index in [1.807, 2.05) is 61.5 Å². The van der Waals surface area contributed by atoms with Crippen molar-refractivity contribution < 1.29 is 9.72 Å². The van der Waals surface area contributed by atoms with Crippen LogP contribution >= 0.6 is 22.7 Å². The van der Waals surface area contributed by atoms with Crippen molar-refractivity contribution in [2.45, 2.75) is 6.92 Å². The maximum Gasteiger partial charge on any atom is 0.324 e. The van der Waals surface area contributed by atoms with Crippen molar-refractivity contribution in [3.63, 3.8) is 0 Å². The summed E-state index contributed by atoms with van der Waals surface area (Å²) in [6, 6.07) is 22.2. The number of amides is 1. The first-order chi connectivity index (χ1) is 16.0. The van der Waals surface area contributed by atoms with E-state index in [1.54, 1.807) is 12.1 Å². The number of thiazole rings is 1. The third-order valence-corrected chi connectivity index (χ3v) is 6.96. The molecule has 33 heavy (non-hydrogen) atoms. The zero-order valence-corrected chi connectivity index (χ0v) is 19.0. The van der Waals surface area contributed by atoms with E-state index in [2.05, 4.69) is 10.1 Å². The Morgan fingerprint density at radius 3 is 2.64 bits per heavy atom. The number of rotatable bonds is 5. The van der Waals surface area contributed by atoms with Crippen molar-refractivity contribution in [2.75, 3.05) is 5.01 Å². The summed E-state index contributed by atoms with van der Waals surface area (Å²) in [6.07, 6.45) is 1.45. The Morgan fingerprint density at radius 1 is 1.03 bits per heavy atom. The van der Waals surface area contributed by atoms with Crippen molar-refractivity contribution in [1.82, 2.24) is 4.98 Å². The largest absolute Gasteiger partial charge is 0.324 e. The Kier molecular flexibility index (Phi) is 5.41. The zero-order valence-electron chi connectivity index (χ0n) is 17.3. The molecule has 2 aromatic heterocycles. The number of anilines is 1. The molecule has 0 N–H and O–H groups in total. The average molecular weight is 473 g/mol. The molecule has 0 saturated carbocycles. The molecule has 3 aromatic carbocycles. The first-order valence-corrected chi connectivity index (χ1v) is 11.6. The van der Waals surface area contributed by atoms with Gasteiger partial charge in [-0.05, 0) is 53.6 Å². The average Bonchev–Trinajstić information content (AvgIpc) is 3.46. The summed E-state index contributed by atoms with van der Waals surface area (Å²) in [5.41, 5.74) is 2.34. The van der Waals surface area contributed by atoms with Gasteiger partial charge < -0.3 is 0 Å². The van der Waals surface area contributed by atoms with Crippen LogP contribution in [-0.2, 0) is 0 Å². The highest BCUT2D eigenvalue weighted by molar-refractivity contribution is 7.22. The summed E-state index contributed by atoms with van der Waals surface area (Å²) < 4.78 is 0.947. The lowest BCUT2D eigenvalue weighted by atomic mass is 10.1. The summed E-state index contributed by atoms with van der Waals surface area (Å²) in [7, 11) is 0. The summed E-state index contributed by atoms with van der Waals surface area (Å²) in [4.78, 5) is 29.3. The second-order valence-corrected chi connectivity index (χ2v) is 9.43. The summed E-state index contributed by atoms with van der Waals surface area (Å²) in [6.45, 7) is 2.00. The van der Waals surface area contributed by atoms with Gasteiger partial charge in [-0.3, -0.25) is 14.9 Å². The summed E-state index contributed by atoms with van der Waals surface area (Å²) in [5, 5.41) is 19.1. The first-order valence-electron chi connectivity index (χ1n) is 9.96. The van der Waals surface area contributed by atoms with Gasteiger partial charge in [-0.25, -0.2) is 4.98 Å². The first kappa shape index (κ1) is 20.9. The number of benzene rings is 3. The van der Waals surface area contributed by atoms with Crippen molar-refractivity contribution in [3.05, 3.63) is 98.9 Å². The standard InChI is InChI=1S/C24H16N4O3S2/c1-15-6-10-20-21(12-15)33-24(26-20)27(25-14-19-9-11-22(32-19)28(30)31)23(29)18-8-7-16-4-2-3-5-17(16)13-18/h2-14H,1H3/b25-14+. The molecule has 0 spiro atoms. The molecule has 0 unspecified atom stereocenters. The van der Waals surface area contributed by atoms with E-state index in [4.69, 9.17) is 0 Å². The number of nitro groups is 1. The van der Waals surface area contributed by atoms with E-state index < -0.39 is 4.92 Å².